The predicted octanol–water partition coefficient (Wildman–Crippen LogP) is 3.45. The van der Waals surface area contributed by atoms with Crippen molar-refractivity contribution in [2.24, 2.45) is 5.92 Å². The zero-order valence-corrected chi connectivity index (χ0v) is 13.9. The molecule has 3 aliphatic rings. The van der Waals surface area contributed by atoms with Crippen LogP contribution in [0.2, 0.25) is 5.02 Å². The van der Waals surface area contributed by atoms with E-state index in [0.29, 0.717) is 12.0 Å². The Kier molecular flexibility index (Phi) is 4.20. The van der Waals surface area contributed by atoms with Crippen molar-refractivity contribution in [1.29, 1.82) is 0 Å². The molecule has 2 aliphatic carbocycles. The van der Waals surface area contributed by atoms with E-state index in [4.69, 9.17) is 16.3 Å². The summed E-state index contributed by atoms with van der Waals surface area (Å²) >= 11 is 6.03. The van der Waals surface area contributed by atoms with E-state index in [-0.39, 0.29) is 18.1 Å². The second-order valence-electron chi connectivity index (χ2n) is 7.09. The summed E-state index contributed by atoms with van der Waals surface area (Å²) in [5.74, 6) is 1.13. The Morgan fingerprint density at radius 1 is 1.17 bits per heavy atom. The molecule has 1 aliphatic heterocycles. The summed E-state index contributed by atoms with van der Waals surface area (Å²) in [5.41, 5.74) is 1.21. The van der Waals surface area contributed by atoms with Gasteiger partial charge >= 0.3 is 6.03 Å². The Hall–Kier alpha value is -1.26. The SMILES string of the molecule is O=C(N[C@@H]1CCO[C@H](C2CC2)C1)N[C@@H]1C[C@@H]1c1cccc(Cl)c1. The molecule has 2 N–H and O–H groups in total. The van der Waals surface area contributed by atoms with Gasteiger partial charge in [-0.05, 0) is 55.7 Å². The van der Waals surface area contributed by atoms with E-state index in [2.05, 4.69) is 16.7 Å². The number of halogens is 1. The lowest BCUT2D eigenvalue weighted by molar-refractivity contribution is -0.00914. The van der Waals surface area contributed by atoms with Crippen LogP contribution in [-0.4, -0.2) is 30.8 Å². The molecule has 4 rings (SSSR count). The van der Waals surface area contributed by atoms with E-state index >= 15 is 0 Å². The van der Waals surface area contributed by atoms with Gasteiger partial charge in [0, 0.05) is 29.6 Å². The third-order valence-corrected chi connectivity index (χ3v) is 5.42. The maximum Gasteiger partial charge on any atom is 0.315 e. The first-order valence-electron chi connectivity index (χ1n) is 8.63. The highest BCUT2D eigenvalue weighted by atomic mass is 35.5. The number of hydrogen-bond donors (Lipinski definition) is 2. The van der Waals surface area contributed by atoms with Crippen LogP contribution < -0.4 is 10.6 Å². The molecule has 4 atom stereocenters. The number of amides is 2. The van der Waals surface area contributed by atoms with Gasteiger partial charge in [-0.15, -0.1) is 0 Å². The first kappa shape index (κ1) is 15.3. The van der Waals surface area contributed by atoms with Crippen LogP contribution in [-0.2, 0) is 4.74 Å². The number of hydrogen-bond acceptors (Lipinski definition) is 2. The summed E-state index contributed by atoms with van der Waals surface area (Å²) in [6.45, 7) is 0.765. The lowest BCUT2D eigenvalue weighted by Gasteiger charge is -2.30. The lowest BCUT2D eigenvalue weighted by atomic mass is 10.0. The maximum atomic E-state index is 12.2. The van der Waals surface area contributed by atoms with E-state index in [1.807, 2.05) is 18.2 Å². The molecular weight excluding hydrogens is 312 g/mol. The van der Waals surface area contributed by atoms with Gasteiger partial charge < -0.3 is 15.4 Å². The van der Waals surface area contributed by atoms with Gasteiger partial charge in [0.25, 0.3) is 0 Å². The van der Waals surface area contributed by atoms with Gasteiger partial charge in [-0.2, -0.15) is 0 Å². The van der Waals surface area contributed by atoms with Gasteiger partial charge in [0.1, 0.15) is 0 Å². The van der Waals surface area contributed by atoms with Crippen molar-refractivity contribution in [3.05, 3.63) is 34.9 Å². The quantitative estimate of drug-likeness (QED) is 0.886. The summed E-state index contributed by atoms with van der Waals surface area (Å²) in [5, 5.41) is 6.98. The molecule has 2 saturated carbocycles. The summed E-state index contributed by atoms with van der Waals surface area (Å²) in [6, 6.07) is 8.35. The number of carbonyl (C=O) groups is 1. The molecular formula is C18H23ClN2O2. The molecule has 0 aromatic heterocycles. The van der Waals surface area contributed by atoms with Crippen molar-refractivity contribution in [3.8, 4) is 0 Å². The van der Waals surface area contributed by atoms with Crippen molar-refractivity contribution >= 4 is 17.6 Å². The summed E-state index contributed by atoms with van der Waals surface area (Å²) in [6.07, 6.45) is 5.79. The largest absolute Gasteiger partial charge is 0.378 e. The third-order valence-electron chi connectivity index (χ3n) is 5.18. The van der Waals surface area contributed by atoms with Crippen LogP contribution in [0, 0.1) is 5.92 Å². The zero-order chi connectivity index (χ0) is 15.8. The first-order chi connectivity index (χ1) is 11.2. The highest BCUT2D eigenvalue weighted by Gasteiger charge is 2.40. The zero-order valence-electron chi connectivity index (χ0n) is 13.1. The molecule has 1 saturated heterocycles. The fraction of sp³-hybridized carbons (Fsp3) is 0.611. The average molecular weight is 335 g/mol. The van der Waals surface area contributed by atoms with Crippen molar-refractivity contribution < 1.29 is 9.53 Å². The number of nitrogens with one attached hydrogen (secondary N) is 2. The number of carbonyl (C=O) groups excluding carboxylic acids is 1. The van der Waals surface area contributed by atoms with Crippen LogP contribution in [0.15, 0.2) is 24.3 Å². The molecule has 0 bridgehead atoms. The van der Waals surface area contributed by atoms with Gasteiger partial charge in [-0.25, -0.2) is 4.79 Å². The summed E-state index contributed by atoms with van der Waals surface area (Å²) < 4.78 is 5.81. The first-order valence-corrected chi connectivity index (χ1v) is 9.01. The smallest absolute Gasteiger partial charge is 0.315 e. The molecule has 5 heteroatoms. The Bertz CT molecular complexity index is 590. The van der Waals surface area contributed by atoms with Crippen LogP contribution >= 0.6 is 11.6 Å². The van der Waals surface area contributed by atoms with Gasteiger partial charge in [0.2, 0.25) is 0 Å². The number of urea groups is 1. The highest BCUT2D eigenvalue weighted by molar-refractivity contribution is 6.30. The topological polar surface area (TPSA) is 50.4 Å². The minimum atomic E-state index is -0.0408. The number of ether oxygens (including phenoxy) is 1. The minimum Gasteiger partial charge on any atom is -0.378 e. The molecule has 0 radical (unpaired) electrons. The summed E-state index contributed by atoms with van der Waals surface area (Å²) in [7, 11) is 0. The van der Waals surface area contributed by atoms with E-state index in [1.165, 1.54) is 18.4 Å². The van der Waals surface area contributed by atoms with Crippen LogP contribution in [0.3, 0.4) is 0 Å². The van der Waals surface area contributed by atoms with Crippen molar-refractivity contribution in [2.45, 2.75) is 56.2 Å². The Morgan fingerprint density at radius 3 is 2.83 bits per heavy atom. The Balaban J connectivity index is 1.24. The van der Waals surface area contributed by atoms with E-state index in [0.717, 1.165) is 36.8 Å². The second kappa shape index (κ2) is 6.33. The van der Waals surface area contributed by atoms with Crippen LogP contribution in [0.4, 0.5) is 4.79 Å². The number of benzene rings is 1. The lowest BCUT2D eigenvalue weighted by Crippen LogP contribution is -2.47. The average Bonchev–Trinajstić information content (AvgIpc) is 3.42. The van der Waals surface area contributed by atoms with E-state index in [1.54, 1.807) is 0 Å². The van der Waals surface area contributed by atoms with Crippen molar-refractivity contribution in [2.75, 3.05) is 6.61 Å². The molecule has 4 nitrogen and oxygen atoms in total. The van der Waals surface area contributed by atoms with Crippen molar-refractivity contribution in [1.82, 2.24) is 10.6 Å². The van der Waals surface area contributed by atoms with E-state index in [9.17, 15) is 4.79 Å². The molecule has 1 aromatic rings. The molecule has 2 amide bonds. The number of rotatable bonds is 4. The van der Waals surface area contributed by atoms with Crippen molar-refractivity contribution in [3.63, 3.8) is 0 Å². The molecule has 23 heavy (non-hydrogen) atoms. The summed E-state index contributed by atoms with van der Waals surface area (Å²) in [4.78, 5) is 12.2. The van der Waals surface area contributed by atoms with Crippen LogP contribution in [0.1, 0.15) is 43.6 Å². The van der Waals surface area contributed by atoms with Gasteiger partial charge in [0.15, 0.2) is 0 Å². The maximum absolute atomic E-state index is 12.2. The predicted molar refractivity (Wildman–Crippen MR) is 89.8 cm³/mol. The fourth-order valence-corrected chi connectivity index (χ4v) is 3.81. The highest BCUT2D eigenvalue weighted by Crippen LogP contribution is 2.41. The molecule has 0 spiro atoms. The normalized spacial score (nSPS) is 33.1. The minimum absolute atomic E-state index is 0.0408. The molecule has 3 fully saturated rings. The second-order valence-corrected chi connectivity index (χ2v) is 7.53. The van der Waals surface area contributed by atoms with Gasteiger partial charge in [0.05, 0.1) is 6.10 Å². The molecule has 0 unspecified atom stereocenters. The fourth-order valence-electron chi connectivity index (χ4n) is 3.61. The monoisotopic (exact) mass is 334 g/mol. The standard InChI is InChI=1S/C18H23ClN2O2/c19-13-3-1-2-12(8-13)15-10-16(15)21-18(22)20-14-6-7-23-17(9-14)11-4-5-11/h1-3,8,11,14-17H,4-7,9-10H2,(H2,20,21,22)/t14-,15-,16-,17+/m1/s1. The Labute approximate surface area is 141 Å². The molecule has 124 valence electrons. The van der Waals surface area contributed by atoms with Gasteiger partial charge in [-0.1, -0.05) is 23.7 Å². The molecule has 1 aromatic carbocycles. The van der Waals surface area contributed by atoms with Crippen LogP contribution in [0.5, 0.6) is 0 Å². The third kappa shape index (κ3) is 3.81. The molecule has 1 heterocycles. The van der Waals surface area contributed by atoms with Gasteiger partial charge in [-0.3, -0.25) is 0 Å². The Morgan fingerprint density at radius 2 is 2.04 bits per heavy atom. The van der Waals surface area contributed by atoms with Crippen LogP contribution in [0.25, 0.3) is 0 Å². The van der Waals surface area contributed by atoms with E-state index < -0.39 is 0 Å².